The Labute approximate surface area is 331 Å². The second kappa shape index (κ2) is 13.5. The van der Waals surface area contributed by atoms with Gasteiger partial charge in [-0.2, -0.15) is 0 Å². The van der Waals surface area contributed by atoms with Crippen molar-refractivity contribution in [2.45, 2.75) is 0 Å². The summed E-state index contributed by atoms with van der Waals surface area (Å²) >= 11 is 3.51. The molecule has 262 valence electrons. The van der Waals surface area contributed by atoms with Crippen molar-refractivity contribution in [3.63, 3.8) is 0 Å². The molecule has 0 N–H and O–H groups in total. The van der Waals surface area contributed by atoms with E-state index >= 15 is 0 Å². The van der Waals surface area contributed by atoms with Crippen LogP contribution in [0.15, 0.2) is 182 Å². The predicted octanol–water partition coefficient (Wildman–Crippen LogP) is 14.0. The van der Waals surface area contributed by atoms with Gasteiger partial charge in [-0.15, -0.1) is 22.7 Å². The minimum atomic E-state index is 0.720. The summed E-state index contributed by atoms with van der Waals surface area (Å²) in [6, 6.07) is 63.8. The van der Waals surface area contributed by atoms with E-state index in [2.05, 4.69) is 158 Å². The first-order valence-electron chi connectivity index (χ1n) is 18.5. The van der Waals surface area contributed by atoms with Gasteiger partial charge in [-0.25, -0.2) is 19.9 Å². The summed E-state index contributed by atoms with van der Waals surface area (Å²) in [6.07, 6.45) is 0. The van der Waals surface area contributed by atoms with E-state index < -0.39 is 0 Å². The van der Waals surface area contributed by atoms with Crippen LogP contribution in [0.4, 0.5) is 0 Å². The van der Waals surface area contributed by atoms with E-state index in [1.165, 1.54) is 9.40 Å². The monoisotopic (exact) mass is 750 g/mol. The van der Waals surface area contributed by atoms with Crippen LogP contribution in [0.2, 0.25) is 0 Å². The van der Waals surface area contributed by atoms with Crippen LogP contribution in [0.1, 0.15) is 0 Å². The maximum Gasteiger partial charge on any atom is 0.160 e. The fraction of sp³-hybridized carbons (Fsp3) is 0. The molecule has 4 nitrogen and oxygen atoms in total. The third kappa shape index (κ3) is 5.66. The van der Waals surface area contributed by atoms with Gasteiger partial charge >= 0.3 is 0 Å². The molecular formula is C50H30N4S2. The molecule has 0 fully saturated rings. The van der Waals surface area contributed by atoms with Gasteiger partial charge < -0.3 is 0 Å². The maximum absolute atomic E-state index is 5.23. The Morgan fingerprint density at radius 1 is 0.286 bits per heavy atom. The number of rotatable bonds is 6. The highest BCUT2D eigenvalue weighted by molar-refractivity contribution is 7.26. The van der Waals surface area contributed by atoms with Gasteiger partial charge in [-0.05, 0) is 52.6 Å². The van der Waals surface area contributed by atoms with Gasteiger partial charge in [0, 0.05) is 42.4 Å². The lowest BCUT2D eigenvalue weighted by atomic mass is 9.96. The Kier molecular flexibility index (Phi) is 7.83. The standard InChI is InChI=1S/C50H30N4S2/c1-3-14-31(15-4-1)43-47-45(39-24-7-9-26-41(39)55-47)54-50(51-43)38-23-13-21-36(30-38)34-19-11-18-33(28-34)35-20-12-22-37(29-35)44-48-46(40-25-8-10-27-42(40)56-48)53-49(52-44)32-16-5-2-6-17-32/h1-30H. The molecule has 0 atom stereocenters. The van der Waals surface area contributed by atoms with Crippen LogP contribution in [-0.2, 0) is 0 Å². The van der Waals surface area contributed by atoms with Crippen LogP contribution < -0.4 is 0 Å². The normalized spacial score (nSPS) is 11.6. The maximum atomic E-state index is 5.23. The van der Waals surface area contributed by atoms with Gasteiger partial charge in [0.15, 0.2) is 11.6 Å². The van der Waals surface area contributed by atoms with Crippen LogP contribution in [0.25, 0.3) is 108 Å². The zero-order valence-electron chi connectivity index (χ0n) is 29.9. The minimum Gasteiger partial charge on any atom is -0.226 e. The number of thiophene rings is 2. The Morgan fingerprint density at radius 2 is 0.661 bits per heavy atom. The van der Waals surface area contributed by atoms with Gasteiger partial charge in [-0.1, -0.05) is 152 Å². The SMILES string of the molecule is c1ccc(-c2nc(-c3cccc(-c4cccc(-c5cccc(-c6nc(-c7ccccc7)c7sc8ccccc8c7n6)c5)c4)c3)c3sc4ccccc4c3n2)cc1. The van der Waals surface area contributed by atoms with Crippen LogP contribution in [0, 0.1) is 0 Å². The fourth-order valence-electron chi connectivity index (χ4n) is 7.58. The summed E-state index contributed by atoms with van der Waals surface area (Å²) in [5.74, 6) is 1.45. The zero-order chi connectivity index (χ0) is 37.0. The molecule has 0 bridgehead atoms. The van der Waals surface area contributed by atoms with Crippen LogP contribution in [0.5, 0.6) is 0 Å². The van der Waals surface area contributed by atoms with Crippen molar-refractivity contribution in [3.05, 3.63) is 182 Å². The molecule has 11 aromatic rings. The molecule has 6 heteroatoms. The molecule has 11 rings (SSSR count). The Balaban J connectivity index is 1.00. The van der Waals surface area contributed by atoms with Gasteiger partial charge in [0.1, 0.15) is 0 Å². The highest BCUT2D eigenvalue weighted by Gasteiger charge is 2.19. The highest BCUT2D eigenvalue weighted by atomic mass is 32.1. The third-order valence-corrected chi connectivity index (χ3v) is 12.6. The summed E-state index contributed by atoms with van der Waals surface area (Å²) in [7, 11) is 0. The summed E-state index contributed by atoms with van der Waals surface area (Å²) in [4.78, 5) is 20.8. The molecule has 0 spiro atoms. The van der Waals surface area contributed by atoms with E-state index in [0.717, 1.165) is 98.7 Å². The number of hydrogen-bond donors (Lipinski definition) is 0. The molecule has 56 heavy (non-hydrogen) atoms. The van der Waals surface area contributed by atoms with Crippen molar-refractivity contribution < 1.29 is 0 Å². The van der Waals surface area contributed by atoms with Crippen LogP contribution in [-0.4, -0.2) is 19.9 Å². The zero-order valence-corrected chi connectivity index (χ0v) is 31.6. The first-order valence-corrected chi connectivity index (χ1v) is 20.2. The van der Waals surface area contributed by atoms with E-state index in [1.54, 1.807) is 22.7 Å². The summed E-state index contributed by atoms with van der Waals surface area (Å²) in [5.41, 5.74) is 12.5. The number of benzene rings is 7. The van der Waals surface area contributed by atoms with E-state index in [0.29, 0.717) is 0 Å². The molecule has 0 aliphatic rings. The van der Waals surface area contributed by atoms with Crippen molar-refractivity contribution in [2.24, 2.45) is 0 Å². The number of fused-ring (bicyclic) bond motifs is 6. The van der Waals surface area contributed by atoms with E-state index in [-0.39, 0.29) is 0 Å². The molecule has 4 aromatic heterocycles. The van der Waals surface area contributed by atoms with Gasteiger partial charge in [-0.3, -0.25) is 0 Å². The lowest BCUT2D eigenvalue weighted by Crippen LogP contribution is -1.94. The molecule has 0 saturated carbocycles. The lowest BCUT2D eigenvalue weighted by molar-refractivity contribution is 1.24. The lowest BCUT2D eigenvalue weighted by Gasteiger charge is -2.11. The summed E-state index contributed by atoms with van der Waals surface area (Å²) < 4.78 is 4.63. The summed E-state index contributed by atoms with van der Waals surface area (Å²) in [6.45, 7) is 0. The second-order valence-corrected chi connectivity index (χ2v) is 15.9. The third-order valence-electron chi connectivity index (χ3n) is 10.3. The van der Waals surface area contributed by atoms with Crippen molar-refractivity contribution in [2.75, 3.05) is 0 Å². The second-order valence-electron chi connectivity index (χ2n) is 13.8. The molecule has 0 aliphatic carbocycles. The highest BCUT2D eigenvalue weighted by Crippen LogP contribution is 2.42. The molecule has 0 radical (unpaired) electrons. The fourth-order valence-corrected chi connectivity index (χ4v) is 9.88. The number of aromatic nitrogens is 4. The first-order chi connectivity index (χ1) is 27.7. The topological polar surface area (TPSA) is 51.6 Å². The van der Waals surface area contributed by atoms with Crippen molar-refractivity contribution in [1.82, 2.24) is 19.9 Å². The largest absolute Gasteiger partial charge is 0.226 e. The minimum absolute atomic E-state index is 0.720. The molecule has 4 heterocycles. The average Bonchev–Trinajstić information content (AvgIpc) is 3.85. The number of hydrogen-bond acceptors (Lipinski definition) is 6. The van der Waals surface area contributed by atoms with Crippen LogP contribution >= 0.6 is 22.7 Å². The molecule has 7 aromatic carbocycles. The van der Waals surface area contributed by atoms with Gasteiger partial charge in [0.2, 0.25) is 0 Å². The Bertz CT molecular complexity index is 3260. The molecule has 0 unspecified atom stereocenters. The predicted molar refractivity (Wildman–Crippen MR) is 236 cm³/mol. The van der Waals surface area contributed by atoms with Gasteiger partial charge in [0.05, 0.1) is 31.8 Å². The Morgan fingerprint density at radius 3 is 1.21 bits per heavy atom. The quantitative estimate of drug-likeness (QED) is 0.170. The molecule has 0 saturated heterocycles. The Hall–Kier alpha value is -6.86. The van der Waals surface area contributed by atoms with Crippen molar-refractivity contribution >= 4 is 63.3 Å². The smallest absolute Gasteiger partial charge is 0.160 e. The van der Waals surface area contributed by atoms with Crippen molar-refractivity contribution in [1.29, 1.82) is 0 Å². The summed E-state index contributed by atoms with van der Waals surface area (Å²) in [5, 5.41) is 2.32. The van der Waals surface area contributed by atoms with Gasteiger partial charge in [0.25, 0.3) is 0 Å². The average molecular weight is 751 g/mol. The molecule has 0 amide bonds. The molecular weight excluding hydrogens is 721 g/mol. The van der Waals surface area contributed by atoms with Crippen molar-refractivity contribution in [3.8, 4) is 67.5 Å². The van der Waals surface area contributed by atoms with E-state index in [9.17, 15) is 0 Å². The number of nitrogens with zero attached hydrogens (tertiary/aromatic N) is 4. The van der Waals surface area contributed by atoms with E-state index in [4.69, 9.17) is 19.9 Å². The van der Waals surface area contributed by atoms with E-state index in [1.807, 2.05) is 24.3 Å². The molecule has 0 aliphatic heterocycles. The van der Waals surface area contributed by atoms with Crippen LogP contribution in [0.3, 0.4) is 0 Å². The first kappa shape index (κ1) is 32.6.